The summed E-state index contributed by atoms with van der Waals surface area (Å²) >= 11 is 6.05. The van der Waals surface area contributed by atoms with Crippen molar-refractivity contribution in [2.75, 3.05) is 20.7 Å². The molecule has 0 aliphatic carbocycles. The average Bonchev–Trinajstić information content (AvgIpc) is 2.79. The molecule has 1 N–H and O–H groups in total. The van der Waals surface area contributed by atoms with Crippen molar-refractivity contribution >= 4 is 27.5 Å². The van der Waals surface area contributed by atoms with E-state index in [0.717, 1.165) is 15.6 Å². The molecule has 0 aliphatic heterocycles. The van der Waals surface area contributed by atoms with E-state index in [4.69, 9.17) is 21.1 Å². The number of carbonyl (C=O) groups is 1. The minimum Gasteiger partial charge on any atom is -0.494 e. The fraction of sp³-hybridized carbons (Fsp3) is 0.217. The van der Waals surface area contributed by atoms with Crippen LogP contribution in [0.15, 0.2) is 65.7 Å². The second-order valence-electron chi connectivity index (χ2n) is 7.12. The molecule has 0 saturated carbocycles. The maximum atomic E-state index is 12.6. The van der Waals surface area contributed by atoms with Gasteiger partial charge in [-0.1, -0.05) is 11.6 Å². The van der Waals surface area contributed by atoms with Crippen LogP contribution in [0.3, 0.4) is 0 Å². The van der Waals surface area contributed by atoms with E-state index < -0.39 is 15.9 Å². The highest BCUT2D eigenvalue weighted by Gasteiger charge is 2.22. The van der Waals surface area contributed by atoms with Gasteiger partial charge >= 0.3 is 0 Å². The number of carbonyl (C=O) groups excluding carboxylic acids is 1. The number of hydrogen-bond acceptors (Lipinski definition) is 6. The van der Waals surface area contributed by atoms with Crippen LogP contribution >= 0.6 is 11.6 Å². The van der Waals surface area contributed by atoms with Crippen LogP contribution in [0, 0.1) is 0 Å². The Morgan fingerprint density at radius 2 is 1.76 bits per heavy atom. The first kappa shape index (κ1) is 24.5. The number of aromatic nitrogens is 1. The second kappa shape index (κ2) is 10.7. The molecule has 0 unspecified atom stereocenters. The highest BCUT2D eigenvalue weighted by molar-refractivity contribution is 7.89. The van der Waals surface area contributed by atoms with Crippen LogP contribution in [-0.2, 0) is 16.6 Å². The summed E-state index contributed by atoms with van der Waals surface area (Å²) in [4.78, 5) is 16.7. The standard InChI is InChI=1S/C23H24ClN3O5S/c1-4-31-18-6-8-19(9-7-18)32-22-13-16(11-12-25-22)15-26-23(28)17-5-10-20(24)21(14-17)33(29,30)27(2)3/h5-14H,4,15H2,1-3H3,(H,26,28). The Morgan fingerprint density at radius 1 is 1.06 bits per heavy atom. The number of nitrogens with one attached hydrogen (secondary N) is 1. The number of ether oxygens (including phenoxy) is 2. The molecular weight excluding hydrogens is 466 g/mol. The van der Waals surface area contributed by atoms with Crippen LogP contribution in [0.25, 0.3) is 0 Å². The van der Waals surface area contributed by atoms with Crippen LogP contribution in [-0.4, -0.2) is 44.3 Å². The highest BCUT2D eigenvalue weighted by Crippen LogP contribution is 2.25. The molecule has 10 heteroatoms. The molecule has 3 rings (SSSR count). The summed E-state index contributed by atoms with van der Waals surface area (Å²) in [5.74, 6) is 1.28. The summed E-state index contributed by atoms with van der Waals surface area (Å²) in [6.45, 7) is 2.69. The number of pyridine rings is 1. The van der Waals surface area contributed by atoms with Gasteiger partial charge in [-0.2, -0.15) is 0 Å². The summed E-state index contributed by atoms with van der Waals surface area (Å²) in [6, 6.07) is 14.7. The fourth-order valence-corrected chi connectivity index (χ4v) is 4.22. The quantitative estimate of drug-likeness (QED) is 0.486. The molecule has 0 atom stereocenters. The fourth-order valence-electron chi connectivity index (χ4n) is 2.83. The van der Waals surface area contributed by atoms with Crippen molar-refractivity contribution in [3.8, 4) is 17.4 Å². The number of hydrogen-bond donors (Lipinski definition) is 1. The Labute approximate surface area is 198 Å². The Morgan fingerprint density at radius 3 is 2.42 bits per heavy atom. The number of rotatable bonds is 9. The monoisotopic (exact) mass is 489 g/mol. The largest absolute Gasteiger partial charge is 0.494 e. The first-order valence-electron chi connectivity index (χ1n) is 10.1. The lowest BCUT2D eigenvalue weighted by Crippen LogP contribution is -2.25. The van der Waals surface area contributed by atoms with E-state index in [-0.39, 0.29) is 22.0 Å². The first-order chi connectivity index (χ1) is 15.7. The maximum absolute atomic E-state index is 12.6. The topological polar surface area (TPSA) is 97.8 Å². The summed E-state index contributed by atoms with van der Waals surface area (Å²) < 4.78 is 37.1. The van der Waals surface area contributed by atoms with Gasteiger partial charge in [-0.25, -0.2) is 17.7 Å². The lowest BCUT2D eigenvalue weighted by molar-refractivity contribution is 0.0950. The predicted molar refractivity (Wildman–Crippen MR) is 125 cm³/mol. The molecular formula is C23H24ClN3O5S. The Hall–Kier alpha value is -3.14. The van der Waals surface area contributed by atoms with Gasteiger partial charge in [0.25, 0.3) is 5.91 Å². The second-order valence-corrected chi connectivity index (χ2v) is 9.65. The van der Waals surface area contributed by atoms with Gasteiger partial charge in [0.2, 0.25) is 15.9 Å². The summed E-state index contributed by atoms with van der Waals surface area (Å²) in [5.41, 5.74) is 0.939. The molecule has 0 radical (unpaired) electrons. The zero-order chi connectivity index (χ0) is 24.0. The lowest BCUT2D eigenvalue weighted by Gasteiger charge is -2.14. The third-order valence-electron chi connectivity index (χ3n) is 4.56. The SMILES string of the molecule is CCOc1ccc(Oc2cc(CNC(=O)c3ccc(Cl)c(S(=O)(=O)N(C)C)c3)ccn2)cc1. The van der Waals surface area contributed by atoms with E-state index in [1.165, 1.54) is 32.3 Å². The number of benzene rings is 2. The van der Waals surface area contributed by atoms with E-state index >= 15 is 0 Å². The summed E-state index contributed by atoms with van der Waals surface area (Å²) in [7, 11) is -0.988. The minimum atomic E-state index is -3.78. The Balaban J connectivity index is 1.67. The van der Waals surface area contributed by atoms with Crippen molar-refractivity contribution in [1.82, 2.24) is 14.6 Å². The van der Waals surface area contributed by atoms with Gasteiger partial charge in [0.05, 0.1) is 11.6 Å². The number of nitrogens with zero attached hydrogens (tertiary/aromatic N) is 2. The normalized spacial score (nSPS) is 11.3. The van der Waals surface area contributed by atoms with Gasteiger partial charge in [0.1, 0.15) is 16.4 Å². The first-order valence-corrected chi connectivity index (χ1v) is 11.9. The number of halogens is 1. The van der Waals surface area contributed by atoms with E-state index in [0.29, 0.717) is 18.2 Å². The molecule has 0 spiro atoms. The van der Waals surface area contributed by atoms with Crippen LogP contribution < -0.4 is 14.8 Å². The van der Waals surface area contributed by atoms with Crippen molar-refractivity contribution in [3.63, 3.8) is 0 Å². The van der Waals surface area contributed by atoms with Crippen LogP contribution in [0.1, 0.15) is 22.8 Å². The molecule has 33 heavy (non-hydrogen) atoms. The lowest BCUT2D eigenvalue weighted by atomic mass is 10.2. The molecule has 174 valence electrons. The van der Waals surface area contributed by atoms with Crippen molar-refractivity contribution < 1.29 is 22.7 Å². The third-order valence-corrected chi connectivity index (χ3v) is 6.86. The zero-order valence-corrected chi connectivity index (χ0v) is 20.0. The van der Waals surface area contributed by atoms with Gasteiger partial charge in [-0.15, -0.1) is 0 Å². The highest BCUT2D eigenvalue weighted by atomic mass is 35.5. The molecule has 1 heterocycles. The summed E-state index contributed by atoms with van der Waals surface area (Å²) in [6.07, 6.45) is 1.58. The van der Waals surface area contributed by atoms with Gasteiger partial charge in [-0.05, 0) is 61.0 Å². The van der Waals surface area contributed by atoms with E-state index in [2.05, 4.69) is 10.3 Å². The van der Waals surface area contributed by atoms with Crippen molar-refractivity contribution in [2.24, 2.45) is 0 Å². The van der Waals surface area contributed by atoms with E-state index in [1.54, 1.807) is 42.6 Å². The zero-order valence-electron chi connectivity index (χ0n) is 18.4. The van der Waals surface area contributed by atoms with E-state index in [9.17, 15) is 13.2 Å². The minimum absolute atomic E-state index is 0.0467. The van der Waals surface area contributed by atoms with Crippen molar-refractivity contribution in [3.05, 3.63) is 76.9 Å². The van der Waals surface area contributed by atoms with Crippen molar-refractivity contribution in [2.45, 2.75) is 18.4 Å². The molecule has 3 aromatic rings. The number of amides is 1. The van der Waals surface area contributed by atoms with Crippen LogP contribution in [0.4, 0.5) is 0 Å². The predicted octanol–water partition coefficient (Wildman–Crippen LogP) is 4.11. The molecule has 2 aromatic carbocycles. The van der Waals surface area contributed by atoms with Crippen LogP contribution in [0.2, 0.25) is 5.02 Å². The van der Waals surface area contributed by atoms with Gasteiger partial charge in [0, 0.05) is 38.5 Å². The van der Waals surface area contributed by atoms with Gasteiger partial charge < -0.3 is 14.8 Å². The van der Waals surface area contributed by atoms with E-state index in [1.807, 2.05) is 6.92 Å². The Kier molecular flexibility index (Phi) is 7.91. The van der Waals surface area contributed by atoms with Crippen LogP contribution in [0.5, 0.6) is 17.4 Å². The van der Waals surface area contributed by atoms with Gasteiger partial charge in [0.15, 0.2) is 0 Å². The molecule has 0 saturated heterocycles. The molecule has 0 fully saturated rings. The van der Waals surface area contributed by atoms with Crippen molar-refractivity contribution in [1.29, 1.82) is 0 Å². The molecule has 1 aromatic heterocycles. The third kappa shape index (κ3) is 6.22. The smallest absolute Gasteiger partial charge is 0.251 e. The van der Waals surface area contributed by atoms with Gasteiger partial charge in [-0.3, -0.25) is 4.79 Å². The Bertz CT molecular complexity index is 1230. The summed E-state index contributed by atoms with van der Waals surface area (Å²) in [5, 5.41) is 2.81. The maximum Gasteiger partial charge on any atom is 0.251 e. The molecule has 0 aliphatic rings. The molecule has 1 amide bonds. The molecule has 8 nitrogen and oxygen atoms in total. The number of sulfonamides is 1. The molecule has 0 bridgehead atoms. The average molecular weight is 490 g/mol.